The molecule has 0 saturated carbocycles. The van der Waals surface area contributed by atoms with Crippen LogP contribution >= 0.6 is 0 Å². The molecule has 0 radical (unpaired) electrons. The second kappa shape index (κ2) is 6.34. The number of H-pyrrole nitrogens is 1. The molecule has 1 aromatic heterocycles. The second-order valence-electron chi connectivity index (χ2n) is 4.57. The van der Waals surface area contributed by atoms with E-state index in [-0.39, 0.29) is 17.6 Å². The number of nitrogens with one attached hydrogen (secondary N) is 3. The minimum Gasteiger partial charge on any atom is -0.349 e. The highest BCUT2D eigenvalue weighted by atomic mass is 16.2. The number of hydrogen-bond donors (Lipinski definition) is 3. The van der Waals surface area contributed by atoms with Crippen molar-refractivity contribution in [1.29, 1.82) is 0 Å². The molecule has 96 valence electrons. The largest absolute Gasteiger partial charge is 0.349 e. The molecular formula is C11H21N5O. The van der Waals surface area contributed by atoms with Gasteiger partial charge in [-0.25, -0.2) is 4.98 Å². The maximum atomic E-state index is 11.7. The molecule has 1 aromatic rings. The number of carbonyl (C=O) groups excluding carboxylic acids is 1. The Kier molecular flexibility index (Phi) is 5.09. The van der Waals surface area contributed by atoms with Gasteiger partial charge in [0.05, 0.1) is 0 Å². The van der Waals surface area contributed by atoms with Crippen molar-refractivity contribution in [2.45, 2.75) is 26.7 Å². The molecule has 0 aliphatic heterocycles. The summed E-state index contributed by atoms with van der Waals surface area (Å²) in [4.78, 5) is 15.9. The third-order valence-electron chi connectivity index (χ3n) is 2.42. The molecule has 1 rings (SSSR count). The van der Waals surface area contributed by atoms with Crippen LogP contribution < -0.4 is 10.6 Å². The van der Waals surface area contributed by atoms with Gasteiger partial charge in [-0.1, -0.05) is 20.8 Å². The summed E-state index contributed by atoms with van der Waals surface area (Å²) in [6.07, 6.45) is 0. The van der Waals surface area contributed by atoms with Gasteiger partial charge in [0.15, 0.2) is 0 Å². The molecule has 1 heterocycles. The lowest BCUT2D eigenvalue weighted by Gasteiger charge is -2.10. The lowest BCUT2D eigenvalue weighted by Crippen LogP contribution is -2.32. The lowest BCUT2D eigenvalue weighted by atomic mass is 10.2. The molecule has 0 fully saturated rings. The number of carbonyl (C=O) groups is 1. The first-order valence-corrected chi connectivity index (χ1v) is 5.89. The fourth-order valence-electron chi connectivity index (χ4n) is 1.40. The normalized spacial score (nSPS) is 12.8. The average molecular weight is 239 g/mol. The summed E-state index contributed by atoms with van der Waals surface area (Å²) in [5.41, 5.74) is 0. The Morgan fingerprint density at radius 3 is 2.59 bits per heavy atom. The molecule has 0 aliphatic carbocycles. The number of rotatable bonds is 6. The zero-order valence-electron chi connectivity index (χ0n) is 10.9. The number of amides is 1. The van der Waals surface area contributed by atoms with Crippen molar-refractivity contribution in [2.75, 3.05) is 20.1 Å². The van der Waals surface area contributed by atoms with E-state index in [1.165, 1.54) is 0 Å². The summed E-state index contributed by atoms with van der Waals surface area (Å²) in [6.45, 7) is 7.54. The van der Waals surface area contributed by atoms with Crippen molar-refractivity contribution in [3.8, 4) is 0 Å². The van der Waals surface area contributed by atoms with Crippen LogP contribution in [0.2, 0.25) is 0 Å². The Morgan fingerprint density at radius 1 is 1.35 bits per heavy atom. The lowest BCUT2D eigenvalue weighted by molar-refractivity contribution is 0.0938. The predicted octanol–water partition coefficient (Wildman–Crippen LogP) is 0.513. The molecule has 0 spiro atoms. The summed E-state index contributed by atoms with van der Waals surface area (Å²) in [7, 11) is 1.89. The van der Waals surface area contributed by atoms with Crippen LogP contribution in [-0.2, 0) is 0 Å². The van der Waals surface area contributed by atoms with E-state index in [9.17, 15) is 4.79 Å². The SMILES string of the molecule is CNCC(C)CNC(=O)c1n[nH]c(C(C)C)n1. The van der Waals surface area contributed by atoms with Crippen molar-refractivity contribution in [3.63, 3.8) is 0 Å². The van der Waals surface area contributed by atoms with E-state index in [0.29, 0.717) is 12.5 Å². The quantitative estimate of drug-likeness (QED) is 0.675. The minimum atomic E-state index is -0.226. The molecule has 6 heteroatoms. The van der Waals surface area contributed by atoms with Crippen molar-refractivity contribution >= 4 is 5.91 Å². The Morgan fingerprint density at radius 2 is 2.06 bits per heavy atom. The van der Waals surface area contributed by atoms with Gasteiger partial charge < -0.3 is 10.6 Å². The van der Waals surface area contributed by atoms with Gasteiger partial charge in [0.25, 0.3) is 5.91 Å². The zero-order chi connectivity index (χ0) is 12.8. The van der Waals surface area contributed by atoms with E-state index < -0.39 is 0 Å². The van der Waals surface area contributed by atoms with Crippen LogP contribution in [0.4, 0.5) is 0 Å². The Balaban J connectivity index is 2.46. The highest BCUT2D eigenvalue weighted by molar-refractivity contribution is 5.90. The van der Waals surface area contributed by atoms with E-state index in [2.05, 4.69) is 32.7 Å². The van der Waals surface area contributed by atoms with Crippen molar-refractivity contribution < 1.29 is 4.79 Å². The monoisotopic (exact) mass is 239 g/mol. The second-order valence-corrected chi connectivity index (χ2v) is 4.57. The van der Waals surface area contributed by atoms with Crippen LogP contribution in [0.15, 0.2) is 0 Å². The Labute approximate surface area is 102 Å². The van der Waals surface area contributed by atoms with Gasteiger partial charge in [-0.15, -0.1) is 5.10 Å². The van der Waals surface area contributed by atoms with Gasteiger partial charge in [-0.3, -0.25) is 9.89 Å². The van der Waals surface area contributed by atoms with Crippen LogP contribution in [0.3, 0.4) is 0 Å². The summed E-state index contributed by atoms with van der Waals surface area (Å²) in [6, 6.07) is 0. The van der Waals surface area contributed by atoms with E-state index in [0.717, 1.165) is 12.4 Å². The molecular weight excluding hydrogens is 218 g/mol. The number of nitrogens with zero attached hydrogens (tertiary/aromatic N) is 2. The Bertz CT molecular complexity index is 360. The standard InChI is InChI=1S/C11H21N5O/c1-7(2)9-14-10(16-15-9)11(17)13-6-8(3)5-12-4/h7-8,12H,5-6H2,1-4H3,(H,13,17)(H,14,15,16). The number of aromatic amines is 1. The molecule has 0 saturated heterocycles. The van der Waals surface area contributed by atoms with Gasteiger partial charge in [0.1, 0.15) is 5.82 Å². The number of aromatic nitrogens is 3. The average Bonchev–Trinajstić information content (AvgIpc) is 2.75. The molecule has 0 aromatic carbocycles. The topological polar surface area (TPSA) is 82.7 Å². The first-order valence-electron chi connectivity index (χ1n) is 5.89. The van der Waals surface area contributed by atoms with E-state index in [1.54, 1.807) is 0 Å². The van der Waals surface area contributed by atoms with E-state index in [4.69, 9.17) is 0 Å². The van der Waals surface area contributed by atoms with Gasteiger partial charge in [0.2, 0.25) is 5.82 Å². The molecule has 3 N–H and O–H groups in total. The molecule has 17 heavy (non-hydrogen) atoms. The summed E-state index contributed by atoms with van der Waals surface area (Å²) < 4.78 is 0. The first kappa shape index (κ1) is 13.6. The fraction of sp³-hybridized carbons (Fsp3) is 0.727. The van der Waals surface area contributed by atoms with E-state index >= 15 is 0 Å². The summed E-state index contributed by atoms with van der Waals surface area (Å²) >= 11 is 0. The predicted molar refractivity (Wildman–Crippen MR) is 65.9 cm³/mol. The molecule has 1 unspecified atom stereocenters. The Hall–Kier alpha value is -1.43. The molecule has 0 bridgehead atoms. The smallest absolute Gasteiger partial charge is 0.290 e. The molecule has 1 atom stereocenters. The van der Waals surface area contributed by atoms with Gasteiger partial charge in [-0.2, -0.15) is 0 Å². The van der Waals surface area contributed by atoms with Crippen molar-refractivity contribution in [3.05, 3.63) is 11.6 Å². The van der Waals surface area contributed by atoms with Gasteiger partial charge >= 0.3 is 0 Å². The molecule has 1 amide bonds. The molecule has 6 nitrogen and oxygen atoms in total. The maximum Gasteiger partial charge on any atom is 0.290 e. The van der Waals surface area contributed by atoms with Gasteiger partial charge in [-0.05, 0) is 19.5 Å². The zero-order valence-corrected chi connectivity index (χ0v) is 10.9. The summed E-state index contributed by atoms with van der Waals surface area (Å²) in [5, 5.41) is 12.5. The highest BCUT2D eigenvalue weighted by Crippen LogP contribution is 2.07. The third kappa shape index (κ3) is 4.14. The maximum absolute atomic E-state index is 11.7. The van der Waals surface area contributed by atoms with Crippen molar-refractivity contribution in [1.82, 2.24) is 25.8 Å². The van der Waals surface area contributed by atoms with Crippen LogP contribution in [0, 0.1) is 5.92 Å². The van der Waals surface area contributed by atoms with Crippen LogP contribution in [-0.4, -0.2) is 41.2 Å². The van der Waals surface area contributed by atoms with Crippen molar-refractivity contribution in [2.24, 2.45) is 5.92 Å². The van der Waals surface area contributed by atoms with Gasteiger partial charge in [0, 0.05) is 12.5 Å². The fourth-order valence-corrected chi connectivity index (χ4v) is 1.40. The van der Waals surface area contributed by atoms with Crippen LogP contribution in [0.5, 0.6) is 0 Å². The van der Waals surface area contributed by atoms with Crippen LogP contribution in [0.25, 0.3) is 0 Å². The van der Waals surface area contributed by atoms with E-state index in [1.807, 2.05) is 20.9 Å². The first-order chi connectivity index (χ1) is 8.04. The third-order valence-corrected chi connectivity index (χ3v) is 2.42. The molecule has 0 aliphatic rings. The summed E-state index contributed by atoms with van der Waals surface area (Å²) in [5.74, 6) is 1.35. The number of hydrogen-bond acceptors (Lipinski definition) is 4. The minimum absolute atomic E-state index is 0.213. The highest BCUT2D eigenvalue weighted by Gasteiger charge is 2.14. The van der Waals surface area contributed by atoms with Crippen LogP contribution in [0.1, 0.15) is 43.1 Å².